The standard InChI is InChI=1S/C23H21N7O/c1-14-7-16(5-4-6-24)8-15(2)18(14)31-20-17-9-26-30(3)19(17)27-21(28-20)29-23-10-22(11-23,12-23)13-25/h4-5,7-9H,10-12H2,1-3H3,(H,27,28,29)/b5-4+. The lowest BCUT2D eigenvalue weighted by Gasteiger charge is -2.66. The van der Waals surface area contributed by atoms with Crippen molar-refractivity contribution < 1.29 is 4.74 Å². The third kappa shape index (κ3) is 3.00. The van der Waals surface area contributed by atoms with Gasteiger partial charge in [0.1, 0.15) is 11.1 Å². The molecule has 1 N–H and O–H groups in total. The van der Waals surface area contributed by atoms with Crippen LogP contribution in [-0.4, -0.2) is 25.3 Å². The molecule has 3 saturated carbocycles. The summed E-state index contributed by atoms with van der Waals surface area (Å²) in [5.74, 6) is 1.65. The molecule has 3 aliphatic rings. The van der Waals surface area contributed by atoms with Gasteiger partial charge < -0.3 is 10.1 Å². The van der Waals surface area contributed by atoms with Gasteiger partial charge in [0, 0.05) is 18.7 Å². The first-order chi connectivity index (χ1) is 14.9. The van der Waals surface area contributed by atoms with Crippen LogP contribution in [0, 0.1) is 41.9 Å². The number of ether oxygens (including phenoxy) is 1. The van der Waals surface area contributed by atoms with E-state index in [9.17, 15) is 5.26 Å². The zero-order valence-electron chi connectivity index (χ0n) is 17.6. The van der Waals surface area contributed by atoms with Crippen molar-refractivity contribution in [2.45, 2.75) is 38.6 Å². The number of aryl methyl sites for hydroxylation is 3. The van der Waals surface area contributed by atoms with E-state index in [1.54, 1.807) is 17.0 Å². The minimum Gasteiger partial charge on any atom is -0.437 e. The summed E-state index contributed by atoms with van der Waals surface area (Å²) in [7, 11) is 1.83. The highest BCUT2D eigenvalue weighted by Gasteiger charge is 2.69. The van der Waals surface area contributed by atoms with E-state index in [1.165, 1.54) is 6.08 Å². The number of allylic oxidation sites excluding steroid dienone is 1. The molecule has 0 amide bonds. The van der Waals surface area contributed by atoms with Gasteiger partial charge in [-0.15, -0.1) is 0 Å². The van der Waals surface area contributed by atoms with Crippen LogP contribution in [0.15, 0.2) is 24.4 Å². The van der Waals surface area contributed by atoms with Gasteiger partial charge in [-0.2, -0.15) is 25.6 Å². The summed E-state index contributed by atoms with van der Waals surface area (Å²) in [6.45, 7) is 3.94. The number of rotatable bonds is 5. The minimum atomic E-state index is -0.154. The second kappa shape index (κ2) is 6.55. The van der Waals surface area contributed by atoms with E-state index in [0.29, 0.717) is 17.5 Å². The van der Waals surface area contributed by atoms with E-state index in [2.05, 4.69) is 26.5 Å². The fourth-order valence-electron chi connectivity index (χ4n) is 4.88. The molecular formula is C23H21N7O. The second-order valence-electron chi connectivity index (χ2n) is 8.73. The summed E-state index contributed by atoms with van der Waals surface area (Å²) in [6.07, 6.45) is 7.42. The molecule has 2 heterocycles. The maximum absolute atomic E-state index is 9.28. The van der Waals surface area contributed by atoms with Gasteiger partial charge in [0.05, 0.1) is 23.8 Å². The van der Waals surface area contributed by atoms with Gasteiger partial charge in [-0.1, -0.05) is 0 Å². The van der Waals surface area contributed by atoms with Crippen molar-refractivity contribution in [3.63, 3.8) is 0 Å². The van der Waals surface area contributed by atoms with Gasteiger partial charge in [0.25, 0.3) is 0 Å². The molecule has 154 valence electrons. The lowest BCUT2D eigenvalue weighted by molar-refractivity contribution is -0.0665. The summed E-state index contributed by atoms with van der Waals surface area (Å²) in [4.78, 5) is 9.31. The Morgan fingerprint density at radius 3 is 2.52 bits per heavy atom. The van der Waals surface area contributed by atoms with E-state index in [0.717, 1.165) is 47.1 Å². The van der Waals surface area contributed by atoms with Gasteiger partial charge in [-0.3, -0.25) is 4.68 Å². The van der Waals surface area contributed by atoms with Crippen molar-refractivity contribution in [3.8, 4) is 23.8 Å². The number of benzene rings is 1. The van der Waals surface area contributed by atoms with Crippen LogP contribution in [-0.2, 0) is 7.05 Å². The highest BCUT2D eigenvalue weighted by atomic mass is 16.5. The van der Waals surface area contributed by atoms with Crippen LogP contribution in [0.3, 0.4) is 0 Å². The van der Waals surface area contributed by atoms with Gasteiger partial charge in [-0.25, -0.2) is 0 Å². The molecule has 31 heavy (non-hydrogen) atoms. The van der Waals surface area contributed by atoms with Crippen LogP contribution >= 0.6 is 0 Å². The lowest BCUT2D eigenvalue weighted by atomic mass is 9.40. The van der Waals surface area contributed by atoms with Crippen LogP contribution in [0.1, 0.15) is 36.0 Å². The number of nitrogens with zero attached hydrogens (tertiary/aromatic N) is 6. The lowest BCUT2D eigenvalue weighted by Crippen LogP contribution is -2.70. The first-order valence-electron chi connectivity index (χ1n) is 10.1. The average molecular weight is 411 g/mol. The number of nitriles is 2. The van der Waals surface area contributed by atoms with E-state index in [1.807, 2.05) is 39.1 Å². The minimum absolute atomic E-state index is 0.0835. The SMILES string of the molecule is Cc1cc(/C=C/C#N)cc(C)c1Oc1nc(NC23CC(C#N)(C2)C3)nc2c1cnn2C. The van der Waals surface area contributed by atoms with E-state index >= 15 is 0 Å². The molecule has 6 rings (SSSR count). The summed E-state index contributed by atoms with van der Waals surface area (Å²) in [5.41, 5.74) is 3.27. The van der Waals surface area contributed by atoms with Crippen LogP contribution < -0.4 is 10.1 Å². The average Bonchev–Trinajstić information content (AvgIpc) is 3.05. The van der Waals surface area contributed by atoms with Crippen molar-refractivity contribution >= 4 is 23.1 Å². The predicted molar refractivity (Wildman–Crippen MR) is 115 cm³/mol. The molecule has 0 atom stereocenters. The largest absolute Gasteiger partial charge is 0.437 e. The molecule has 3 aliphatic carbocycles. The molecule has 3 fully saturated rings. The zero-order chi connectivity index (χ0) is 21.8. The fourth-order valence-corrected chi connectivity index (χ4v) is 4.88. The van der Waals surface area contributed by atoms with Crippen molar-refractivity contribution in [2.75, 3.05) is 5.32 Å². The number of hydrogen-bond acceptors (Lipinski definition) is 7. The van der Waals surface area contributed by atoms with Crippen LogP contribution in [0.2, 0.25) is 0 Å². The molecule has 8 heteroatoms. The number of fused-ring (bicyclic) bond motifs is 1. The molecule has 0 saturated heterocycles. The normalized spacial score (nSPS) is 23.6. The number of hydrogen-bond donors (Lipinski definition) is 1. The summed E-state index contributed by atoms with van der Waals surface area (Å²) >= 11 is 0. The van der Waals surface area contributed by atoms with E-state index < -0.39 is 0 Å². The number of aromatic nitrogens is 4. The van der Waals surface area contributed by atoms with E-state index in [4.69, 9.17) is 10.00 Å². The Bertz CT molecular complexity index is 1300. The number of nitrogens with one attached hydrogen (secondary N) is 1. The van der Waals surface area contributed by atoms with E-state index in [-0.39, 0.29) is 11.0 Å². The predicted octanol–water partition coefficient (Wildman–Crippen LogP) is 4.17. The number of anilines is 1. The third-order valence-electron chi connectivity index (χ3n) is 6.23. The van der Waals surface area contributed by atoms with Gasteiger partial charge >= 0.3 is 0 Å². The topological polar surface area (TPSA) is 112 Å². The molecule has 3 aromatic rings. The molecule has 2 aromatic heterocycles. The first kappa shape index (κ1) is 19.1. The van der Waals surface area contributed by atoms with Gasteiger partial charge in [0.15, 0.2) is 5.65 Å². The highest BCUT2D eigenvalue weighted by molar-refractivity contribution is 5.82. The summed E-state index contributed by atoms with van der Waals surface area (Å²) in [5, 5.41) is 26.5. The Morgan fingerprint density at radius 2 is 1.87 bits per heavy atom. The Kier molecular flexibility index (Phi) is 4.03. The maximum atomic E-state index is 9.28. The van der Waals surface area contributed by atoms with Crippen LogP contribution in [0.4, 0.5) is 5.95 Å². The van der Waals surface area contributed by atoms with Crippen molar-refractivity contribution in [1.29, 1.82) is 10.5 Å². The smallest absolute Gasteiger partial charge is 0.235 e. The molecule has 8 nitrogen and oxygen atoms in total. The maximum Gasteiger partial charge on any atom is 0.235 e. The quantitative estimate of drug-likeness (QED) is 0.627. The molecular weight excluding hydrogens is 390 g/mol. The Balaban J connectivity index is 1.50. The summed E-state index contributed by atoms with van der Waals surface area (Å²) < 4.78 is 8.00. The van der Waals surface area contributed by atoms with Gasteiger partial charge in [-0.05, 0) is 68.0 Å². The first-order valence-corrected chi connectivity index (χ1v) is 10.1. The molecule has 0 unspecified atom stereocenters. The molecule has 0 aliphatic heterocycles. The monoisotopic (exact) mass is 411 g/mol. The Hall–Kier alpha value is -3.91. The third-order valence-corrected chi connectivity index (χ3v) is 6.23. The van der Waals surface area contributed by atoms with Crippen molar-refractivity contribution in [1.82, 2.24) is 19.7 Å². The Labute approximate surface area is 179 Å². The molecule has 0 radical (unpaired) electrons. The van der Waals surface area contributed by atoms with Crippen molar-refractivity contribution in [2.24, 2.45) is 12.5 Å². The van der Waals surface area contributed by atoms with Crippen LogP contribution in [0.25, 0.3) is 17.1 Å². The van der Waals surface area contributed by atoms with Gasteiger partial charge in [0.2, 0.25) is 11.8 Å². The van der Waals surface area contributed by atoms with Crippen molar-refractivity contribution in [3.05, 3.63) is 41.1 Å². The fraction of sp³-hybridized carbons (Fsp3) is 0.348. The zero-order valence-corrected chi connectivity index (χ0v) is 17.6. The Morgan fingerprint density at radius 1 is 1.16 bits per heavy atom. The second-order valence-corrected chi connectivity index (χ2v) is 8.73. The molecule has 0 spiro atoms. The highest BCUT2D eigenvalue weighted by Crippen LogP contribution is 2.67. The summed E-state index contributed by atoms with van der Waals surface area (Å²) in [6, 6.07) is 8.38. The van der Waals surface area contributed by atoms with Crippen LogP contribution in [0.5, 0.6) is 11.6 Å². The molecule has 2 bridgehead atoms. The molecule has 1 aromatic carbocycles.